The average Bonchev–Trinajstić information content (AvgIpc) is 2.86. The third kappa shape index (κ3) is 4.52. The van der Waals surface area contributed by atoms with Crippen LogP contribution in [0.5, 0.6) is 5.75 Å². The average molecular weight is 419 g/mol. The number of rotatable bonds is 7. The summed E-state index contributed by atoms with van der Waals surface area (Å²) in [7, 11) is 1.91. The van der Waals surface area contributed by atoms with Crippen molar-refractivity contribution in [1.82, 2.24) is 15.5 Å². The minimum Gasteiger partial charge on any atom is -0.483 e. The van der Waals surface area contributed by atoms with E-state index in [1.807, 2.05) is 19.2 Å². The Labute approximate surface area is 140 Å². The quantitative estimate of drug-likeness (QED) is 0.739. The lowest BCUT2D eigenvalue weighted by atomic mass is 10.2. The van der Waals surface area contributed by atoms with Gasteiger partial charge in [0.1, 0.15) is 5.75 Å². The van der Waals surface area contributed by atoms with Gasteiger partial charge in [0.25, 0.3) is 0 Å². The number of nitrogens with one attached hydrogen (secondary N) is 1. The lowest BCUT2D eigenvalue weighted by Crippen LogP contribution is -2.06. The molecule has 0 fully saturated rings. The van der Waals surface area contributed by atoms with Gasteiger partial charge in [-0.05, 0) is 63.0 Å². The van der Waals surface area contributed by atoms with E-state index in [9.17, 15) is 0 Å². The lowest BCUT2D eigenvalue weighted by molar-refractivity contribution is 0.281. The van der Waals surface area contributed by atoms with Gasteiger partial charge >= 0.3 is 0 Å². The Bertz CT molecular complexity index is 579. The van der Waals surface area contributed by atoms with Gasteiger partial charge in [-0.3, -0.25) is 0 Å². The first-order valence-corrected chi connectivity index (χ1v) is 8.29. The Morgan fingerprint density at radius 3 is 2.62 bits per heavy atom. The number of benzene rings is 1. The van der Waals surface area contributed by atoms with Crippen molar-refractivity contribution in [3.8, 4) is 5.75 Å². The molecule has 1 aromatic carbocycles. The monoisotopic (exact) mass is 417 g/mol. The number of hydrogen-bond acceptors (Lipinski definition) is 5. The van der Waals surface area contributed by atoms with Crippen molar-refractivity contribution >= 4 is 31.9 Å². The first-order chi connectivity index (χ1) is 10.1. The summed E-state index contributed by atoms with van der Waals surface area (Å²) in [5.41, 5.74) is 1.16. The van der Waals surface area contributed by atoms with Crippen LogP contribution in [0.3, 0.4) is 0 Å². The smallest absolute Gasteiger partial charge is 0.226 e. The van der Waals surface area contributed by atoms with Gasteiger partial charge in [-0.25, -0.2) is 0 Å². The number of aryl methyl sites for hydroxylation is 1. The molecule has 0 aliphatic carbocycles. The van der Waals surface area contributed by atoms with Crippen LogP contribution < -0.4 is 10.1 Å². The van der Waals surface area contributed by atoms with Gasteiger partial charge < -0.3 is 14.6 Å². The zero-order valence-corrected chi connectivity index (χ0v) is 15.1. The molecule has 0 atom stereocenters. The molecule has 0 saturated heterocycles. The summed E-state index contributed by atoms with van der Waals surface area (Å²) in [6.07, 6.45) is 1.77. The van der Waals surface area contributed by atoms with Gasteiger partial charge in [-0.2, -0.15) is 4.98 Å². The van der Waals surface area contributed by atoms with Crippen molar-refractivity contribution < 1.29 is 9.26 Å². The summed E-state index contributed by atoms with van der Waals surface area (Å²) < 4.78 is 12.7. The van der Waals surface area contributed by atoms with E-state index < -0.39 is 0 Å². The van der Waals surface area contributed by atoms with Gasteiger partial charge in [-0.1, -0.05) is 12.1 Å². The Hall–Kier alpha value is -0.920. The topological polar surface area (TPSA) is 60.2 Å². The fraction of sp³-hybridized carbons (Fsp3) is 0.429. The SMILES string of the molecule is CCCc1nc(COc2c(Br)cc(CNC)cc2Br)no1. The summed E-state index contributed by atoms with van der Waals surface area (Å²) in [5, 5.41) is 7.02. The summed E-state index contributed by atoms with van der Waals surface area (Å²) >= 11 is 7.05. The molecule has 21 heavy (non-hydrogen) atoms. The predicted octanol–water partition coefficient (Wildman–Crippen LogP) is 3.85. The molecule has 0 saturated carbocycles. The molecule has 0 unspecified atom stereocenters. The fourth-order valence-electron chi connectivity index (χ4n) is 1.86. The summed E-state index contributed by atoms with van der Waals surface area (Å²) in [5.74, 6) is 1.94. The predicted molar refractivity (Wildman–Crippen MR) is 87.2 cm³/mol. The van der Waals surface area contributed by atoms with Crippen LogP contribution in [0.15, 0.2) is 25.6 Å². The van der Waals surface area contributed by atoms with Crippen molar-refractivity contribution in [1.29, 1.82) is 0 Å². The van der Waals surface area contributed by atoms with Crippen LogP contribution in [0.1, 0.15) is 30.6 Å². The minimum absolute atomic E-state index is 0.274. The standard InChI is InChI=1S/C14H17Br2N3O2/c1-3-4-13-18-12(19-21-13)8-20-14-10(15)5-9(7-17-2)6-11(14)16/h5-6,17H,3-4,7-8H2,1-2H3. The zero-order valence-electron chi connectivity index (χ0n) is 11.9. The molecular weight excluding hydrogens is 402 g/mol. The van der Waals surface area contributed by atoms with E-state index >= 15 is 0 Å². The van der Waals surface area contributed by atoms with Crippen molar-refractivity contribution in [2.45, 2.75) is 32.9 Å². The molecule has 5 nitrogen and oxygen atoms in total. The fourth-order valence-corrected chi connectivity index (χ4v) is 3.37. The van der Waals surface area contributed by atoms with Gasteiger partial charge in [0.05, 0.1) is 8.95 Å². The molecule has 0 bridgehead atoms. The molecule has 1 N–H and O–H groups in total. The van der Waals surface area contributed by atoms with Crippen molar-refractivity contribution in [3.63, 3.8) is 0 Å². The number of aromatic nitrogens is 2. The van der Waals surface area contributed by atoms with E-state index in [1.54, 1.807) is 0 Å². The molecule has 0 aliphatic heterocycles. The maximum absolute atomic E-state index is 5.78. The Balaban J connectivity index is 2.05. The van der Waals surface area contributed by atoms with E-state index in [0.717, 1.165) is 39.6 Å². The second-order valence-corrected chi connectivity index (χ2v) is 6.27. The molecule has 1 aromatic heterocycles. The summed E-state index contributed by atoms with van der Waals surface area (Å²) in [6.45, 7) is 3.14. The second-order valence-electron chi connectivity index (χ2n) is 4.56. The Kier molecular flexibility index (Phi) is 6.20. The highest BCUT2D eigenvalue weighted by atomic mass is 79.9. The van der Waals surface area contributed by atoms with Crippen LogP contribution in [0, 0.1) is 0 Å². The van der Waals surface area contributed by atoms with E-state index in [1.165, 1.54) is 0 Å². The first-order valence-electron chi connectivity index (χ1n) is 6.70. The Morgan fingerprint density at radius 2 is 2.00 bits per heavy atom. The van der Waals surface area contributed by atoms with E-state index in [2.05, 4.69) is 54.2 Å². The van der Waals surface area contributed by atoms with E-state index in [0.29, 0.717) is 11.7 Å². The Morgan fingerprint density at radius 1 is 1.29 bits per heavy atom. The number of hydrogen-bond donors (Lipinski definition) is 1. The minimum atomic E-state index is 0.274. The first kappa shape index (κ1) is 16.5. The molecule has 2 aromatic rings. The van der Waals surface area contributed by atoms with Crippen LogP contribution in [-0.4, -0.2) is 17.2 Å². The van der Waals surface area contributed by atoms with Crippen LogP contribution in [0.4, 0.5) is 0 Å². The van der Waals surface area contributed by atoms with E-state index in [-0.39, 0.29) is 6.61 Å². The van der Waals surface area contributed by atoms with Crippen LogP contribution >= 0.6 is 31.9 Å². The molecule has 0 radical (unpaired) electrons. The third-order valence-electron chi connectivity index (χ3n) is 2.76. The van der Waals surface area contributed by atoms with Crippen molar-refractivity contribution in [3.05, 3.63) is 38.4 Å². The lowest BCUT2D eigenvalue weighted by Gasteiger charge is -2.11. The molecule has 0 aliphatic rings. The molecule has 2 rings (SSSR count). The normalized spacial score (nSPS) is 10.9. The van der Waals surface area contributed by atoms with Crippen LogP contribution in [0.2, 0.25) is 0 Å². The molecule has 1 heterocycles. The van der Waals surface area contributed by atoms with Gasteiger partial charge in [0, 0.05) is 13.0 Å². The van der Waals surface area contributed by atoms with E-state index in [4.69, 9.17) is 9.26 Å². The zero-order chi connectivity index (χ0) is 15.2. The highest BCUT2D eigenvalue weighted by Gasteiger charge is 2.11. The summed E-state index contributed by atoms with van der Waals surface area (Å²) in [4.78, 5) is 4.28. The van der Waals surface area contributed by atoms with Gasteiger partial charge in [0.15, 0.2) is 6.61 Å². The third-order valence-corrected chi connectivity index (χ3v) is 3.94. The molecule has 114 valence electrons. The molecule has 0 spiro atoms. The van der Waals surface area contributed by atoms with Gasteiger partial charge in [-0.15, -0.1) is 0 Å². The van der Waals surface area contributed by atoms with Crippen molar-refractivity contribution in [2.24, 2.45) is 0 Å². The largest absolute Gasteiger partial charge is 0.483 e. The van der Waals surface area contributed by atoms with Crippen molar-refractivity contribution in [2.75, 3.05) is 7.05 Å². The van der Waals surface area contributed by atoms with Crippen LogP contribution in [-0.2, 0) is 19.6 Å². The number of nitrogens with zero attached hydrogens (tertiary/aromatic N) is 2. The maximum Gasteiger partial charge on any atom is 0.226 e. The second kappa shape index (κ2) is 7.91. The van der Waals surface area contributed by atoms with Gasteiger partial charge in [0.2, 0.25) is 11.7 Å². The maximum atomic E-state index is 5.78. The highest BCUT2D eigenvalue weighted by molar-refractivity contribution is 9.11. The molecule has 7 heteroatoms. The molecule has 0 amide bonds. The summed E-state index contributed by atoms with van der Waals surface area (Å²) in [6, 6.07) is 4.05. The number of halogens is 2. The highest BCUT2D eigenvalue weighted by Crippen LogP contribution is 2.35. The van der Waals surface area contributed by atoms with Crippen LogP contribution in [0.25, 0.3) is 0 Å². The molecular formula is C14H17Br2N3O2. The number of ether oxygens (including phenoxy) is 1.